The molecule has 0 fully saturated rings. The van der Waals surface area contributed by atoms with Gasteiger partial charge in [0.1, 0.15) is 11.0 Å². The molecule has 0 aliphatic heterocycles. The number of carbonyl (C=O) groups is 1. The molecule has 0 heterocycles. The molecule has 1 atom stereocenters. The maximum Gasteiger partial charge on any atom is 0.155 e. The monoisotopic (exact) mass is 241 g/mol. The number of allylic oxidation sites excluding steroid dienone is 5. The van der Waals surface area contributed by atoms with Crippen LogP contribution in [0.5, 0.6) is 0 Å². The third kappa shape index (κ3) is 7.17. The molecule has 0 saturated heterocycles. The van der Waals surface area contributed by atoms with E-state index in [-0.39, 0.29) is 5.78 Å². The first kappa shape index (κ1) is 14.8. The Morgan fingerprint density at radius 2 is 1.62 bits per heavy atom. The average molecular weight is 241 g/mol. The zero-order chi connectivity index (χ0) is 12.7. The Balaban J connectivity index is 4.66. The second kappa shape index (κ2) is 7.17. The Morgan fingerprint density at radius 1 is 1.06 bits per heavy atom. The van der Waals surface area contributed by atoms with E-state index in [1.54, 1.807) is 26.3 Å². The zero-order valence-electron chi connectivity index (χ0n) is 10.5. The first-order valence-corrected chi connectivity index (χ1v) is 6.52. The molecule has 90 valence electrons. The molecule has 1 unspecified atom stereocenters. The van der Waals surface area contributed by atoms with Gasteiger partial charge in [-0.1, -0.05) is 17.7 Å². The largest absolute Gasteiger partial charge is 0.312 e. The highest BCUT2D eigenvalue weighted by atomic mass is 32.2. The highest BCUT2D eigenvalue weighted by Gasteiger charge is 1.95. The van der Waals surface area contributed by atoms with Crippen molar-refractivity contribution in [1.29, 1.82) is 0 Å². The van der Waals surface area contributed by atoms with Gasteiger partial charge in [-0.3, -0.25) is 4.79 Å². The number of Topliss-reactive ketones (excluding diaryl/α,β-unsaturated/α-hetero) is 1. The topological polar surface area (TPSA) is 46.2 Å². The minimum Gasteiger partial charge on any atom is -0.312 e. The van der Waals surface area contributed by atoms with Gasteiger partial charge in [0.2, 0.25) is 0 Å². The molecule has 0 rings (SSSR count). The van der Waals surface area contributed by atoms with Crippen LogP contribution in [0.1, 0.15) is 27.7 Å². The summed E-state index contributed by atoms with van der Waals surface area (Å²) in [6, 6.07) is 0. The van der Waals surface area contributed by atoms with Gasteiger partial charge in [-0.05, 0) is 38.8 Å². The number of rotatable bonds is 5. The van der Waals surface area contributed by atoms with Gasteiger partial charge in [0.05, 0.1) is 0 Å². The van der Waals surface area contributed by atoms with Gasteiger partial charge in [-0.2, -0.15) is 0 Å². The predicted octanol–water partition coefficient (Wildman–Crippen LogP) is 2.25. The van der Waals surface area contributed by atoms with Crippen LogP contribution in [-0.2, 0) is 15.8 Å². The minimum absolute atomic E-state index is 0.0715. The predicted molar refractivity (Wildman–Crippen MR) is 69.2 cm³/mol. The lowest BCUT2D eigenvalue weighted by molar-refractivity contribution is -0.113. The quantitative estimate of drug-likeness (QED) is 0.593. The molecule has 3 nitrogen and oxygen atoms in total. The van der Waals surface area contributed by atoms with Crippen molar-refractivity contribution in [2.24, 2.45) is 0 Å². The van der Waals surface area contributed by atoms with Gasteiger partial charge in [0, 0.05) is 12.5 Å². The Hall–Kier alpha value is -1.16. The van der Waals surface area contributed by atoms with E-state index in [0.717, 1.165) is 16.7 Å². The van der Waals surface area contributed by atoms with E-state index in [0.29, 0.717) is 0 Å². The maximum atomic E-state index is 11.0. The van der Waals surface area contributed by atoms with Crippen LogP contribution >= 0.6 is 0 Å². The molecule has 0 radical (unpaired) electrons. The molecule has 0 saturated carbocycles. The smallest absolute Gasteiger partial charge is 0.155 e. The molecule has 4 heteroatoms. The summed E-state index contributed by atoms with van der Waals surface area (Å²) < 4.78 is 13.5. The van der Waals surface area contributed by atoms with E-state index in [9.17, 15) is 9.00 Å². The fraction of sp³-hybridized carbons (Fsp3) is 0.417. The van der Waals surface area contributed by atoms with Crippen molar-refractivity contribution in [3.63, 3.8) is 0 Å². The highest BCUT2D eigenvalue weighted by molar-refractivity contribution is 7.82. The van der Waals surface area contributed by atoms with E-state index in [2.05, 4.69) is 4.72 Å². The highest BCUT2D eigenvalue weighted by Crippen LogP contribution is 2.06. The summed E-state index contributed by atoms with van der Waals surface area (Å²) in [5.41, 5.74) is 2.68. The van der Waals surface area contributed by atoms with E-state index in [1.165, 1.54) is 0 Å². The van der Waals surface area contributed by atoms with Crippen molar-refractivity contribution in [3.8, 4) is 0 Å². The molecule has 16 heavy (non-hydrogen) atoms. The fourth-order valence-electron chi connectivity index (χ4n) is 1.06. The zero-order valence-corrected chi connectivity index (χ0v) is 11.3. The summed E-state index contributed by atoms with van der Waals surface area (Å²) in [7, 11) is -1.04. The summed E-state index contributed by atoms with van der Waals surface area (Å²) in [6.45, 7) is 7.16. The number of hydrogen-bond donors (Lipinski definition) is 1. The van der Waals surface area contributed by atoms with Gasteiger partial charge in [-0.15, -0.1) is 0 Å². The summed E-state index contributed by atoms with van der Waals surface area (Å²) in [4.78, 5) is 11.0. The number of carbonyl (C=O) groups excluding carboxylic acids is 1. The van der Waals surface area contributed by atoms with E-state index in [4.69, 9.17) is 0 Å². The van der Waals surface area contributed by atoms with Crippen molar-refractivity contribution in [1.82, 2.24) is 4.72 Å². The third-order valence-corrected chi connectivity index (χ3v) is 2.36. The summed E-state index contributed by atoms with van der Waals surface area (Å²) in [5.74, 6) is 0.0715. The summed E-state index contributed by atoms with van der Waals surface area (Å²) in [5, 5.41) is 0. The Morgan fingerprint density at radius 3 is 2.06 bits per heavy atom. The Bertz CT molecular complexity index is 378. The molecule has 0 spiro atoms. The normalized spacial score (nSPS) is 15.9. The first-order chi connectivity index (χ1) is 7.32. The third-order valence-electron chi connectivity index (χ3n) is 1.91. The van der Waals surface area contributed by atoms with Gasteiger partial charge in [0.15, 0.2) is 5.78 Å². The van der Waals surface area contributed by atoms with E-state index >= 15 is 0 Å². The van der Waals surface area contributed by atoms with E-state index < -0.39 is 11.0 Å². The van der Waals surface area contributed by atoms with Gasteiger partial charge >= 0.3 is 0 Å². The van der Waals surface area contributed by atoms with Crippen LogP contribution in [0.3, 0.4) is 0 Å². The first-order valence-electron chi connectivity index (χ1n) is 4.97. The average Bonchev–Trinajstić information content (AvgIpc) is 2.14. The summed E-state index contributed by atoms with van der Waals surface area (Å²) in [6.07, 6.45) is 7.02. The second-order valence-electron chi connectivity index (χ2n) is 3.73. The van der Waals surface area contributed by atoms with Crippen molar-refractivity contribution in [3.05, 3.63) is 35.1 Å². The maximum absolute atomic E-state index is 11.0. The lowest BCUT2D eigenvalue weighted by Crippen LogP contribution is -2.07. The molecule has 0 aromatic rings. The standard InChI is InChI=1S/C12H19NO2S/c1-9(7-11(3)12(4)14)6-10(2)8-13-16(5)15/h6-8,13H,1-5H3/b9-6-,10-8+,11-7+. The SMILES string of the molecule is CC(=O)/C(C)=C/C(C)=C\C(C)=C\NS(C)=O. The molecule has 0 aromatic carbocycles. The van der Waals surface area contributed by atoms with Crippen LogP contribution in [0.4, 0.5) is 0 Å². The number of ketones is 1. The molecular formula is C12H19NO2S. The lowest BCUT2D eigenvalue weighted by atomic mass is 10.1. The van der Waals surface area contributed by atoms with Crippen LogP contribution in [0, 0.1) is 0 Å². The Labute approximate surface area is 99.9 Å². The molecule has 1 N–H and O–H groups in total. The molecule has 0 amide bonds. The molecule has 0 bridgehead atoms. The van der Waals surface area contributed by atoms with Gasteiger partial charge < -0.3 is 4.72 Å². The number of hydrogen-bond acceptors (Lipinski definition) is 2. The lowest BCUT2D eigenvalue weighted by Gasteiger charge is -1.99. The van der Waals surface area contributed by atoms with Crippen LogP contribution in [0.25, 0.3) is 0 Å². The van der Waals surface area contributed by atoms with Crippen molar-refractivity contribution < 1.29 is 9.00 Å². The van der Waals surface area contributed by atoms with Gasteiger partial charge in [0.25, 0.3) is 0 Å². The Kier molecular flexibility index (Phi) is 6.65. The number of nitrogens with one attached hydrogen (secondary N) is 1. The molecule has 0 aliphatic carbocycles. The fourth-order valence-corrected chi connectivity index (χ4v) is 1.41. The van der Waals surface area contributed by atoms with Gasteiger partial charge in [-0.25, -0.2) is 4.21 Å². The van der Waals surface area contributed by atoms with Crippen molar-refractivity contribution in [2.45, 2.75) is 27.7 Å². The van der Waals surface area contributed by atoms with Crippen LogP contribution in [0.2, 0.25) is 0 Å². The van der Waals surface area contributed by atoms with Crippen LogP contribution < -0.4 is 4.72 Å². The molecule has 0 aromatic heterocycles. The molecule has 0 aliphatic rings. The van der Waals surface area contributed by atoms with Crippen LogP contribution in [-0.4, -0.2) is 16.2 Å². The van der Waals surface area contributed by atoms with Crippen molar-refractivity contribution >= 4 is 16.8 Å². The van der Waals surface area contributed by atoms with Crippen molar-refractivity contribution in [2.75, 3.05) is 6.26 Å². The van der Waals surface area contributed by atoms with Crippen LogP contribution in [0.15, 0.2) is 35.1 Å². The molecular weight excluding hydrogens is 222 g/mol. The second-order valence-corrected chi connectivity index (χ2v) is 4.88. The minimum atomic E-state index is -1.04. The summed E-state index contributed by atoms with van der Waals surface area (Å²) >= 11 is 0. The van der Waals surface area contributed by atoms with E-state index in [1.807, 2.05) is 26.0 Å².